The summed E-state index contributed by atoms with van der Waals surface area (Å²) in [7, 11) is 0. The number of carbonyl (C=O) groups excluding carboxylic acids is 2. The van der Waals surface area contributed by atoms with Crippen LogP contribution in [0.15, 0.2) is 23.2 Å². The molecular weight excluding hydrogens is 258 g/mol. The van der Waals surface area contributed by atoms with Crippen LogP contribution < -0.4 is 0 Å². The van der Waals surface area contributed by atoms with E-state index in [0.717, 1.165) is 39.3 Å². The number of hydrogen-bond donors (Lipinski definition) is 0. The molecule has 0 aromatic carbocycles. The van der Waals surface area contributed by atoms with Crippen molar-refractivity contribution in [1.29, 1.82) is 0 Å². The van der Waals surface area contributed by atoms with E-state index in [1.54, 1.807) is 0 Å². The van der Waals surface area contributed by atoms with Gasteiger partial charge in [-0.3, -0.25) is 9.59 Å². The summed E-state index contributed by atoms with van der Waals surface area (Å²) in [5.41, 5.74) is 1.89. The fraction of sp³-hybridized carbons (Fsp3) is 0.500. The van der Waals surface area contributed by atoms with Crippen LogP contribution in [-0.2, 0) is 9.59 Å². The Balaban J connectivity index is 0.000001000. The first-order valence-electron chi connectivity index (χ1n) is 6.05. The number of hydrogen-bond acceptors (Lipinski definition) is 5. The Kier molecular flexibility index (Phi) is 2.95. The van der Waals surface area contributed by atoms with Crippen molar-refractivity contribution in [3.63, 3.8) is 0 Å². The number of ketones is 2. The number of carbonyl (C=O) groups is 2. The summed E-state index contributed by atoms with van der Waals surface area (Å²) in [6.45, 7) is 5.41. The van der Waals surface area contributed by atoms with Gasteiger partial charge in [0, 0.05) is 45.3 Å². The molecular formula is C12H15CaN3O2. The normalized spacial score (nSPS) is 25.1. The van der Waals surface area contributed by atoms with E-state index in [1.165, 1.54) is 6.08 Å². The quantitative estimate of drug-likeness (QED) is 0.347. The maximum atomic E-state index is 12.4. The number of rotatable bonds is 3. The second-order valence-corrected chi connectivity index (χ2v) is 4.88. The molecule has 0 N–H and O–H groups in total. The third-order valence-corrected chi connectivity index (χ3v) is 3.49. The zero-order valence-corrected chi connectivity index (χ0v) is 9.48. The van der Waals surface area contributed by atoms with E-state index in [0.29, 0.717) is 17.1 Å². The fourth-order valence-electron chi connectivity index (χ4n) is 2.28. The summed E-state index contributed by atoms with van der Waals surface area (Å²) < 4.78 is 0. The van der Waals surface area contributed by atoms with Crippen molar-refractivity contribution in [2.24, 2.45) is 0 Å². The van der Waals surface area contributed by atoms with Gasteiger partial charge in [-0.1, -0.05) is 0 Å². The van der Waals surface area contributed by atoms with Crippen molar-refractivity contribution in [1.82, 2.24) is 14.7 Å². The molecule has 3 fully saturated rings. The van der Waals surface area contributed by atoms with Gasteiger partial charge in [0.05, 0.1) is 5.70 Å². The van der Waals surface area contributed by atoms with Crippen molar-refractivity contribution < 1.29 is 9.59 Å². The monoisotopic (exact) mass is 273 g/mol. The summed E-state index contributed by atoms with van der Waals surface area (Å²) in [6.07, 6.45) is 1.52. The van der Waals surface area contributed by atoms with Gasteiger partial charge in [-0.15, -0.1) is 0 Å². The van der Waals surface area contributed by atoms with Crippen molar-refractivity contribution in [3.8, 4) is 0 Å². The summed E-state index contributed by atoms with van der Waals surface area (Å²) in [4.78, 5) is 30.5. The van der Waals surface area contributed by atoms with Crippen molar-refractivity contribution in [2.75, 3.05) is 39.3 Å². The Morgan fingerprint density at radius 2 is 1.28 bits per heavy atom. The molecule has 6 heteroatoms. The molecule has 0 amide bonds. The Morgan fingerprint density at radius 3 is 1.78 bits per heavy atom. The molecule has 0 spiro atoms. The van der Waals surface area contributed by atoms with E-state index in [9.17, 15) is 9.59 Å². The fourth-order valence-corrected chi connectivity index (χ4v) is 2.28. The van der Waals surface area contributed by atoms with Crippen molar-refractivity contribution in [2.45, 2.75) is 0 Å². The Bertz CT molecular complexity index is 499. The predicted molar refractivity (Wildman–Crippen MR) is 68.4 cm³/mol. The van der Waals surface area contributed by atoms with Gasteiger partial charge >= 0.3 is 37.7 Å². The summed E-state index contributed by atoms with van der Waals surface area (Å²) >= 11 is 0. The van der Waals surface area contributed by atoms with Crippen LogP contribution in [0.3, 0.4) is 0 Å². The van der Waals surface area contributed by atoms with Gasteiger partial charge in [-0.2, -0.15) is 0 Å². The third-order valence-electron chi connectivity index (χ3n) is 3.49. The summed E-state index contributed by atoms with van der Waals surface area (Å²) in [5, 5.41) is 0. The van der Waals surface area contributed by atoms with Crippen molar-refractivity contribution >= 4 is 49.3 Å². The second kappa shape index (κ2) is 4.25. The van der Waals surface area contributed by atoms with E-state index in [2.05, 4.69) is 0 Å². The zero-order chi connectivity index (χ0) is 11.6. The van der Waals surface area contributed by atoms with Gasteiger partial charge in [0.25, 0.3) is 0 Å². The van der Waals surface area contributed by atoms with Crippen LogP contribution >= 0.6 is 0 Å². The molecule has 3 heterocycles. The van der Waals surface area contributed by atoms with Gasteiger partial charge in [0.15, 0.2) is 0 Å². The first-order chi connectivity index (χ1) is 8.25. The minimum atomic E-state index is 0. The molecule has 4 aliphatic rings. The minimum absolute atomic E-state index is 0. The summed E-state index contributed by atoms with van der Waals surface area (Å²) in [5.74, 6) is 0.0485. The average molecular weight is 273 g/mol. The van der Waals surface area contributed by atoms with Gasteiger partial charge in [0.1, 0.15) is 11.4 Å². The molecule has 0 aromatic rings. The van der Waals surface area contributed by atoms with Gasteiger partial charge < -0.3 is 14.7 Å². The molecule has 0 saturated carbocycles. The molecule has 1 aliphatic carbocycles. The number of Topliss-reactive ketones (excluding diaryl/α,β-unsaturated/α-hetero) is 1. The summed E-state index contributed by atoms with van der Waals surface area (Å²) in [6, 6.07) is 0. The molecule has 0 atom stereocenters. The van der Waals surface area contributed by atoms with Crippen LogP contribution in [0.4, 0.5) is 0 Å². The van der Waals surface area contributed by atoms with E-state index in [1.807, 2.05) is 14.7 Å². The number of nitrogens with zero attached hydrogens (tertiary/aromatic N) is 3. The first kappa shape index (κ1) is 12.5. The van der Waals surface area contributed by atoms with Gasteiger partial charge in [-0.05, 0) is 0 Å². The number of allylic oxidation sites excluding steroid dienone is 1. The van der Waals surface area contributed by atoms with E-state index in [-0.39, 0.29) is 49.3 Å². The third kappa shape index (κ3) is 1.98. The maximum absolute atomic E-state index is 12.4. The van der Waals surface area contributed by atoms with Crippen molar-refractivity contribution in [3.05, 3.63) is 23.2 Å². The zero-order valence-electron chi connectivity index (χ0n) is 9.48. The predicted octanol–water partition coefficient (Wildman–Crippen LogP) is -1.74. The topological polar surface area (TPSA) is 43.2 Å². The van der Waals surface area contributed by atoms with Gasteiger partial charge in [0.2, 0.25) is 11.6 Å². The van der Waals surface area contributed by atoms with Crippen LogP contribution in [0.5, 0.6) is 0 Å². The molecule has 18 heavy (non-hydrogen) atoms. The Labute approximate surface area is 135 Å². The van der Waals surface area contributed by atoms with E-state index in [4.69, 9.17) is 0 Å². The standard InChI is InChI=1S/C12H13N3O2.Ca.2H/c16-9-7-8(13-1-2-13)12(17)11(15-5-6-15)10(9)14-3-4-14;;;/h7H,1-6H2;;;. The molecule has 0 aromatic heterocycles. The van der Waals surface area contributed by atoms with Crippen LogP contribution in [0, 0.1) is 0 Å². The molecule has 0 unspecified atom stereocenters. The van der Waals surface area contributed by atoms with Crippen LogP contribution in [0.1, 0.15) is 0 Å². The van der Waals surface area contributed by atoms with Crippen LogP contribution in [0.2, 0.25) is 0 Å². The second-order valence-electron chi connectivity index (χ2n) is 4.88. The molecule has 3 aliphatic heterocycles. The Hall–Kier alpha value is -0.520. The molecule has 3 saturated heterocycles. The molecule has 0 bridgehead atoms. The molecule has 0 radical (unpaired) electrons. The molecule has 5 nitrogen and oxygen atoms in total. The van der Waals surface area contributed by atoms with Crippen LogP contribution in [0.25, 0.3) is 0 Å². The van der Waals surface area contributed by atoms with E-state index >= 15 is 0 Å². The van der Waals surface area contributed by atoms with E-state index < -0.39 is 0 Å². The molecule has 4 rings (SSSR count). The molecule has 92 valence electrons. The SMILES string of the molecule is O=C1C=C(N2CC2)C(=O)C(N2CC2)=C1N1CC1.[CaH2]. The average Bonchev–Trinajstić information content (AvgIpc) is 3.13. The Morgan fingerprint density at radius 1 is 0.778 bits per heavy atom. The van der Waals surface area contributed by atoms with Crippen LogP contribution in [-0.4, -0.2) is 103 Å². The first-order valence-corrected chi connectivity index (χ1v) is 6.05. The van der Waals surface area contributed by atoms with Gasteiger partial charge in [-0.25, -0.2) is 0 Å².